The molecule has 0 aromatic heterocycles. The lowest BCUT2D eigenvalue weighted by molar-refractivity contribution is -0.136. The molecule has 8 nitrogen and oxygen atoms in total. The summed E-state index contributed by atoms with van der Waals surface area (Å²) in [5.74, 6) is -0.365. The maximum absolute atomic E-state index is 12.5. The first-order chi connectivity index (χ1) is 19.4. The Labute approximate surface area is 243 Å². The van der Waals surface area contributed by atoms with Crippen molar-refractivity contribution in [3.8, 4) is 0 Å². The van der Waals surface area contributed by atoms with E-state index in [0.717, 1.165) is 0 Å². The van der Waals surface area contributed by atoms with Crippen LogP contribution in [0.15, 0.2) is 0 Å². The normalized spacial score (nSPS) is 22.2. The van der Waals surface area contributed by atoms with Crippen molar-refractivity contribution < 1.29 is 19.2 Å². The van der Waals surface area contributed by atoms with E-state index >= 15 is 0 Å². The molecule has 0 spiro atoms. The standard InChI is InChI=1S/C32H58N4O4/c1-2-28(32(33)40)36-25-27(22-31(36)39)24-35-30(38)21-20-29(37)34-23-26-18-16-14-12-10-8-6-4-3-5-7-9-11-13-15-17-19-26/h26-28H,2-25H2,1H3,(H2,33,40)(H,34,37)(H,35,38)/t27?,28-/m1/s1. The number of carbonyl (C=O) groups is 4. The maximum Gasteiger partial charge on any atom is 0.240 e. The van der Waals surface area contributed by atoms with Crippen LogP contribution in [0.1, 0.15) is 142 Å². The number of hydrogen-bond acceptors (Lipinski definition) is 4. The molecule has 40 heavy (non-hydrogen) atoms. The summed E-state index contributed by atoms with van der Waals surface area (Å²) in [7, 11) is 0. The zero-order chi connectivity index (χ0) is 29.0. The Morgan fingerprint density at radius 1 is 0.725 bits per heavy atom. The van der Waals surface area contributed by atoms with Gasteiger partial charge in [-0.05, 0) is 25.2 Å². The van der Waals surface area contributed by atoms with E-state index in [1.165, 1.54) is 114 Å². The van der Waals surface area contributed by atoms with E-state index < -0.39 is 11.9 Å². The van der Waals surface area contributed by atoms with Gasteiger partial charge in [-0.3, -0.25) is 19.2 Å². The number of amides is 4. The van der Waals surface area contributed by atoms with Gasteiger partial charge in [-0.15, -0.1) is 0 Å². The molecule has 1 saturated heterocycles. The summed E-state index contributed by atoms with van der Waals surface area (Å²) in [6.07, 6.45) is 23.6. The van der Waals surface area contributed by atoms with Crippen LogP contribution in [0.3, 0.4) is 0 Å². The fourth-order valence-corrected chi connectivity index (χ4v) is 6.25. The zero-order valence-corrected chi connectivity index (χ0v) is 25.4. The van der Waals surface area contributed by atoms with E-state index in [9.17, 15) is 19.2 Å². The first-order valence-electron chi connectivity index (χ1n) is 16.5. The van der Waals surface area contributed by atoms with Crippen molar-refractivity contribution in [3.63, 3.8) is 0 Å². The number of nitrogens with two attached hydrogens (primary N) is 1. The molecule has 230 valence electrons. The average Bonchev–Trinajstić information content (AvgIpc) is 3.29. The van der Waals surface area contributed by atoms with Crippen molar-refractivity contribution in [1.29, 1.82) is 0 Å². The monoisotopic (exact) mass is 562 g/mol. The van der Waals surface area contributed by atoms with Gasteiger partial charge in [0.1, 0.15) is 6.04 Å². The van der Waals surface area contributed by atoms with Crippen LogP contribution in [0.2, 0.25) is 0 Å². The summed E-state index contributed by atoms with van der Waals surface area (Å²) in [4.78, 5) is 50.3. The first kappa shape index (κ1) is 34.1. The minimum Gasteiger partial charge on any atom is -0.368 e. The highest BCUT2D eigenvalue weighted by molar-refractivity contribution is 5.88. The van der Waals surface area contributed by atoms with Gasteiger partial charge in [-0.1, -0.05) is 103 Å². The number of primary amides is 1. The lowest BCUT2D eigenvalue weighted by atomic mass is 9.93. The number of nitrogens with one attached hydrogen (secondary N) is 2. The van der Waals surface area contributed by atoms with E-state index in [2.05, 4.69) is 10.6 Å². The Balaban J connectivity index is 1.65. The molecule has 1 heterocycles. The van der Waals surface area contributed by atoms with Gasteiger partial charge in [0, 0.05) is 44.8 Å². The van der Waals surface area contributed by atoms with E-state index in [-0.39, 0.29) is 36.5 Å². The van der Waals surface area contributed by atoms with Gasteiger partial charge in [0.05, 0.1) is 0 Å². The predicted octanol–water partition coefficient (Wildman–Crippen LogP) is 5.37. The summed E-state index contributed by atoms with van der Waals surface area (Å²) in [6, 6.07) is -0.588. The van der Waals surface area contributed by atoms with Crippen LogP contribution in [-0.2, 0) is 19.2 Å². The topological polar surface area (TPSA) is 122 Å². The average molecular weight is 563 g/mol. The zero-order valence-electron chi connectivity index (χ0n) is 25.4. The van der Waals surface area contributed by atoms with Crippen molar-refractivity contribution >= 4 is 23.6 Å². The third-order valence-electron chi connectivity index (χ3n) is 8.81. The summed E-state index contributed by atoms with van der Waals surface area (Å²) < 4.78 is 0. The van der Waals surface area contributed by atoms with Gasteiger partial charge in [0.15, 0.2) is 0 Å². The molecule has 0 bridgehead atoms. The molecule has 1 unspecified atom stereocenters. The van der Waals surface area contributed by atoms with Crippen molar-refractivity contribution in [3.05, 3.63) is 0 Å². The molecular weight excluding hydrogens is 504 g/mol. The van der Waals surface area contributed by atoms with Crippen LogP contribution < -0.4 is 16.4 Å². The molecule has 0 aromatic carbocycles. The van der Waals surface area contributed by atoms with Gasteiger partial charge < -0.3 is 21.3 Å². The van der Waals surface area contributed by atoms with Crippen molar-refractivity contribution in [2.45, 2.75) is 148 Å². The van der Waals surface area contributed by atoms with Crippen LogP contribution in [0.4, 0.5) is 0 Å². The summed E-state index contributed by atoms with van der Waals surface area (Å²) in [5, 5.41) is 5.96. The molecule has 2 aliphatic rings. The molecule has 0 radical (unpaired) electrons. The van der Waals surface area contributed by atoms with Crippen molar-refractivity contribution in [2.75, 3.05) is 19.6 Å². The number of carbonyl (C=O) groups excluding carboxylic acids is 4. The first-order valence-corrected chi connectivity index (χ1v) is 16.5. The van der Waals surface area contributed by atoms with Gasteiger partial charge >= 0.3 is 0 Å². The van der Waals surface area contributed by atoms with Crippen LogP contribution >= 0.6 is 0 Å². The van der Waals surface area contributed by atoms with E-state index in [1.54, 1.807) is 0 Å². The fourth-order valence-electron chi connectivity index (χ4n) is 6.25. The molecule has 4 amide bonds. The molecule has 2 rings (SSSR count). The molecule has 2 fully saturated rings. The maximum atomic E-state index is 12.5. The lowest BCUT2D eigenvalue weighted by Crippen LogP contribution is -2.45. The third kappa shape index (κ3) is 14.5. The molecular formula is C32H58N4O4. The van der Waals surface area contributed by atoms with Crippen LogP contribution in [0.25, 0.3) is 0 Å². The van der Waals surface area contributed by atoms with Gasteiger partial charge in [-0.25, -0.2) is 0 Å². The Morgan fingerprint density at radius 3 is 1.52 bits per heavy atom. The SMILES string of the molecule is CC[C@H](C(N)=O)N1CC(CNC(=O)CCC(=O)NCC2CCCCCCCCCCCCCCCCC2)CC1=O. The van der Waals surface area contributed by atoms with Crippen molar-refractivity contribution in [2.24, 2.45) is 17.6 Å². The summed E-state index contributed by atoms with van der Waals surface area (Å²) in [5.41, 5.74) is 5.43. The minimum absolute atomic E-state index is 0.0452. The molecule has 1 aliphatic carbocycles. The van der Waals surface area contributed by atoms with Crippen molar-refractivity contribution in [1.82, 2.24) is 15.5 Å². The quantitative estimate of drug-likeness (QED) is 0.331. The second-order valence-corrected chi connectivity index (χ2v) is 12.3. The Morgan fingerprint density at radius 2 is 1.12 bits per heavy atom. The lowest BCUT2D eigenvalue weighted by Gasteiger charge is -2.24. The Kier molecular flexibility index (Phi) is 17.6. The number of hydrogen-bond donors (Lipinski definition) is 3. The molecule has 8 heteroatoms. The van der Waals surface area contributed by atoms with Crippen LogP contribution in [0, 0.1) is 11.8 Å². The smallest absolute Gasteiger partial charge is 0.240 e. The van der Waals surface area contributed by atoms with Gasteiger partial charge in [0.25, 0.3) is 0 Å². The molecule has 1 saturated carbocycles. The Bertz CT molecular complexity index is 741. The predicted molar refractivity (Wildman–Crippen MR) is 160 cm³/mol. The molecule has 1 aliphatic heterocycles. The Hall–Kier alpha value is -2.12. The fraction of sp³-hybridized carbons (Fsp3) is 0.875. The third-order valence-corrected chi connectivity index (χ3v) is 8.81. The van der Waals surface area contributed by atoms with E-state index in [1.807, 2.05) is 6.92 Å². The van der Waals surface area contributed by atoms with Crippen LogP contribution in [-0.4, -0.2) is 54.2 Å². The minimum atomic E-state index is -0.588. The van der Waals surface area contributed by atoms with E-state index in [4.69, 9.17) is 5.73 Å². The highest BCUT2D eigenvalue weighted by Gasteiger charge is 2.35. The molecule has 0 aromatic rings. The highest BCUT2D eigenvalue weighted by atomic mass is 16.2. The van der Waals surface area contributed by atoms with Gasteiger partial charge in [-0.2, -0.15) is 0 Å². The second-order valence-electron chi connectivity index (χ2n) is 12.3. The number of likely N-dealkylation sites (tertiary alicyclic amines) is 1. The number of rotatable bonds is 10. The second kappa shape index (κ2) is 20.7. The van der Waals surface area contributed by atoms with E-state index in [0.29, 0.717) is 38.4 Å². The van der Waals surface area contributed by atoms with Gasteiger partial charge in [0.2, 0.25) is 23.6 Å². The molecule has 2 atom stereocenters. The summed E-state index contributed by atoms with van der Waals surface area (Å²) >= 11 is 0. The molecule has 4 N–H and O–H groups in total. The van der Waals surface area contributed by atoms with Crippen LogP contribution in [0.5, 0.6) is 0 Å². The largest absolute Gasteiger partial charge is 0.368 e. The summed E-state index contributed by atoms with van der Waals surface area (Å²) in [6.45, 7) is 3.32. The highest BCUT2D eigenvalue weighted by Crippen LogP contribution is 2.22. The number of nitrogens with zero attached hydrogens (tertiary/aromatic N) is 1.